The summed E-state index contributed by atoms with van der Waals surface area (Å²) in [6.07, 6.45) is 4.98. The molecule has 0 N–H and O–H groups in total. The summed E-state index contributed by atoms with van der Waals surface area (Å²) < 4.78 is 2.97. The predicted octanol–water partition coefficient (Wildman–Crippen LogP) is 3.98. The third-order valence-corrected chi connectivity index (χ3v) is 4.40. The highest BCUT2D eigenvalue weighted by atomic mass is 127. The zero-order chi connectivity index (χ0) is 13.8. The maximum absolute atomic E-state index is 12.2. The number of aromatic nitrogens is 2. The Morgan fingerprint density at radius 3 is 2.95 bits per heavy atom. The van der Waals surface area contributed by atoms with Crippen LogP contribution in [0.2, 0.25) is 5.02 Å². The number of nitrogens with zero attached hydrogens (tertiary/aromatic N) is 2. The molecular weight excluding hydrogens is 375 g/mol. The van der Waals surface area contributed by atoms with E-state index in [1.807, 2.05) is 22.9 Å². The zero-order valence-electron chi connectivity index (χ0n) is 10.6. The number of carbonyl (C=O) groups excluding carboxylic acids is 1. The van der Waals surface area contributed by atoms with Crippen LogP contribution in [0.15, 0.2) is 30.6 Å². The first-order chi connectivity index (χ1) is 9.11. The van der Waals surface area contributed by atoms with Gasteiger partial charge in [0.05, 0.1) is 11.4 Å². The van der Waals surface area contributed by atoms with Gasteiger partial charge in [-0.3, -0.25) is 4.79 Å². The minimum absolute atomic E-state index is 0.0434. The van der Waals surface area contributed by atoms with Gasteiger partial charge in [-0.05, 0) is 41.1 Å². The molecule has 19 heavy (non-hydrogen) atoms. The summed E-state index contributed by atoms with van der Waals surface area (Å²) in [5.41, 5.74) is 0.636. The van der Waals surface area contributed by atoms with Crippen molar-refractivity contribution >= 4 is 40.0 Å². The molecule has 1 aromatic heterocycles. The first kappa shape index (κ1) is 14.5. The summed E-state index contributed by atoms with van der Waals surface area (Å²) in [5, 5.41) is 0.614. The van der Waals surface area contributed by atoms with Gasteiger partial charge >= 0.3 is 0 Å². The molecule has 0 saturated carbocycles. The number of hydrogen-bond acceptors (Lipinski definition) is 2. The first-order valence-electron chi connectivity index (χ1n) is 6.10. The number of aryl methyl sites for hydroxylation is 1. The van der Waals surface area contributed by atoms with E-state index in [0.29, 0.717) is 17.0 Å². The maximum Gasteiger partial charge on any atom is 0.170 e. The van der Waals surface area contributed by atoms with E-state index in [9.17, 15) is 4.79 Å². The van der Waals surface area contributed by atoms with E-state index in [0.717, 1.165) is 22.4 Å². The van der Waals surface area contributed by atoms with E-state index >= 15 is 0 Å². The van der Waals surface area contributed by atoms with Gasteiger partial charge in [0.1, 0.15) is 5.82 Å². The molecule has 0 atom stereocenters. The van der Waals surface area contributed by atoms with Gasteiger partial charge < -0.3 is 4.57 Å². The summed E-state index contributed by atoms with van der Waals surface area (Å²) >= 11 is 8.18. The lowest BCUT2D eigenvalue weighted by Gasteiger charge is -2.06. The molecule has 2 rings (SSSR count). The van der Waals surface area contributed by atoms with Crippen molar-refractivity contribution < 1.29 is 4.79 Å². The lowest BCUT2D eigenvalue weighted by atomic mass is 10.1. The molecule has 0 fully saturated rings. The second-order valence-corrected chi connectivity index (χ2v) is 5.84. The molecule has 3 nitrogen and oxygen atoms in total. The molecule has 1 heterocycles. The fraction of sp³-hybridized carbons (Fsp3) is 0.286. The SMILES string of the molecule is CCCn1ccnc1CC(=O)c1ccc(I)c(Cl)c1. The molecule has 100 valence electrons. The van der Waals surface area contributed by atoms with Crippen LogP contribution in [0.3, 0.4) is 0 Å². The van der Waals surface area contributed by atoms with E-state index in [1.165, 1.54) is 0 Å². The summed E-state index contributed by atoms with van der Waals surface area (Å²) in [4.78, 5) is 16.5. The number of rotatable bonds is 5. The highest BCUT2D eigenvalue weighted by Crippen LogP contribution is 2.20. The molecule has 0 saturated heterocycles. The van der Waals surface area contributed by atoms with Gasteiger partial charge in [0.2, 0.25) is 0 Å². The molecule has 5 heteroatoms. The van der Waals surface area contributed by atoms with Gasteiger partial charge in [0, 0.05) is 28.1 Å². The highest BCUT2D eigenvalue weighted by molar-refractivity contribution is 14.1. The second-order valence-electron chi connectivity index (χ2n) is 4.27. The average molecular weight is 389 g/mol. The largest absolute Gasteiger partial charge is 0.335 e. The van der Waals surface area contributed by atoms with E-state index in [1.54, 1.807) is 12.3 Å². The van der Waals surface area contributed by atoms with Crippen molar-refractivity contribution in [1.29, 1.82) is 0 Å². The van der Waals surface area contributed by atoms with Crippen LogP contribution in [0.25, 0.3) is 0 Å². The maximum atomic E-state index is 12.2. The number of halogens is 2. The van der Waals surface area contributed by atoms with Crippen LogP contribution in [0.5, 0.6) is 0 Å². The molecule has 0 spiro atoms. The lowest BCUT2D eigenvalue weighted by molar-refractivity contribution is 0.0989. The van der Waals surface area contributed by atoms with Crippen LogP contribution in [-0.2, 0) is 13.0 Å². The predicted molar refractivity (Wildman–Crippen MR) is 84.7 cm³/mol. The van der Waals surface area contributed by atoms with Crippen molar-refractivity contribution in [2.75, 3.05) is 0 Å². The molecule has 0 amide bonds. The monoisotopic (exact) mass is 388 g/mol. The van der Waals surface area contributed by atoms with E-state index in [-0.39, 0.29) is 5.78 Å². The summed E-state index contributed by atoms with van der Waals surface area (Å²) in [7, 11) is 0. The topological polar surface area (TPSA) is 34.9 Å². The van der Waals surface area contributed by atoms with Crippen LogP contribution in [0.1, 0.15) is 29.5 Å². The van der Waals surface area contributed by atoms with Gasteiger partial charge in [-0.15, -0.1) is 0 Å². The Balaban J connectivity index is 2.16. The van der Waals surface area contributed by atoms with Gasteiger partial charge in [-0.25, -0.2) is 4.98 Å². The van der Waals surface area contributed by atoms with E-state index in [4.69, 9.17) is 11.6 Å². The lowest BCUT2D eigenvalue weighted by Crippen LogP contribution is -2.10. The molecule has 1 aromatic carbocycles. The normalized spacial score (nSPS) is 10.7. The van der Waals surface area contributed by atoms with Crippen LogP contribution in [0.4, 0.5) is 0 Å². The van der Waals surface area contributed by atoms with Crippen molar-refractivity contribution in [2.24, 2.45) is 0 Å². The Morgan fingerprint density at radius 1 is 1.47 bits per heavy atom. The van der Waals surface area contributed by atoms with Crippen molar-refractivity contribution in [3.63, 3.8) is 0 Å². The van der Waals surface area contributed by atoms with Gasteiger partial charge in [-0.2, -0.15) is 0 Å². The number of ketones is 1. The standard InChI is InChI=1S/C14H14ClIN2O/c1-2-6-18-7-5-17-14(18)9-13(19)10-3-4-12(16)11(15)8-10/h3-5,7-8H,2,6,9H2,1H3. The third kappa shape index (κ3) is 3.57. The third-order valence-electron chi connectivity index (χ3n) is 2.83. The molecule has 2 aromatic rings. The molecule has 0 aliphatic rings. The Bertz CT molecular complexity index is 595. The quantitative estimate of drug-likeness (QED) is 0.574. The summed E-state index contributed by atoms with van der Waals surface area (Å²) in [5.74, 6) is 0.850. The molecule has 0 aliphatic carbocycles. The molecule has 0 bridgehead atoms. The fourth-order valence-electron chi connectivity index (χ4n) is 1.87. The Kier molecular flexibility index (Phi) is 4.99. The first-order valence-corrected chi connectivity index (χ1v) is 7.55. The van der Waals surface area contributed by atoms with E-state index < -0.39 is 0 Å². The van der Waals surface area contributed by atoms with Crippen molar-refractivity contribution in [3.8, 4) is 0 Å². The Labute approximate surface area is 131 Å². The van der Waals surface area contributed by atoms with Crippen LogP contribution in [0, 0.1) is 3.57 Å². The minimum Gasteiger partial charge on any atom is -0.335 e. The number of carbonyl (C=O) groups is 1. The smallest absolute Gasteiger partial charge is 0.170 e. The van der Waals surface area contributed by atoms with Crippen molar-refractivity contribution in [2.45, 2.75) is 26.3 Å². The van der Waals surface area contributed by atoms with Crippen LogP contribution in [-0.4, -0.2) is 15.3 Å². The minimum atomic E-state index is 0.0434. The van der Waals surface area contributed by atoms with Crippen LogP contribution >= 0.6 is 34.2 Å². The van der Waals surface area contributed by atoms with Crippen molar-refractivity contribution in [1.82, 2.24) is 9.55 Å². The number of imidazole rings is 1. The highest BCUT2D eigenvalue weighted by Gasteiger charge is 2.12. The van der Waals surface area contributed by atoms with E-state index in [2.05, 4.69) is 34.5 Å². The van der Waals surface area contributed by atoms with Gasteiger partial charge in [0.25, 0.3) is 0 Å². The number of Topliss-reactive ketones (excluding diaryl/α,β-unsaturated/α-hetero) is 1. The molecule has 0 aliphatic heterocycles. The summed E-state index contributed by atoms with van der Waals surface area (Å²) in [6.45, 7) is 2.99. The average Bonchev–Trinajstić information content (AvgIpc) is 2.80. The molecule has 0 radical (unpaired) electrons. The second kappa shape index (κ2) is 6.52. The number of hydrogen-bond donors (Lipinski definition) is 0. The van der Waals surface area contributed by atoms with Gasteiger partial charge in [0.15, 0.2) is 5.78 Å². The Hall–Kier alpha value is -0.880. The van der Waals surface area contributed by atoms with Crippen molar-refractivity contribution in [3.05, 3.63) is 50.6 Å². The molecular formula is C14H14ClIN2O. The number of benzene rings is 1. The Morgan fingerprint density at radius 2 is 2.26 bits per heavy atom. The fourth-order valence-corrected chi connectivity index (χ4v) is 2.38. The molecule has 0 unspecified atom stereocenters. The van der Waals surface area contributed by atoms with Crippen LogP contribution < -0.4 is 0 Å². The zero-order valence-corrected chi connectivity index (χ0v) is 13.5. The summed E-state index contributed by atoms with van der Waals surface area (Å²) in [6, 6.07) is 5.39. The van der Waals surface area contributed by atoms with Gasteiger partial charge in [-0.1, -0.05) is 24.6 Å².